The lowest BCUT2D eigenvalue weighted by atomic mass is 10.1. The van der Waals surface area contributed by atoms with Crippen LogP contribution in [0.15, 0.2) is 48.5 Å². The van der Waals surface area contributed by atoms with E-state index in [1.165, 1.54) is 17.0 Å². The van der Waals surface area contributed by atoms with E-state index >= 15 is 0 Å². The van der Waals surface area contributed by atoms with Crippen molar-refractivity contribution >= 4 is 23.4 Å². The average molecular weight is 433 g/mol. The molecule has 1 unspecified atom stereocenters. The van der Waals surface area contributed by atoms with Crippen LogP contribution in [0.25, 0.3) is 0 Å². The van der Waals surface area contributed by atoms with Crippen LogP contribution in [0.2, 0.25) is 5.02 Å². The van der Waals surface area contributed by atoms with E-state index in [9.17, 15) is 14.0 Å². The van der Waals surface area contributed by atoms with Gasteiger partial charge in [0.05, 0.1) is 0 Å². The Bertz CT molecular complexity index is 886. The Morgan fingerprint density at radius 1 is 1.17 bits per heavy atom. The van der Waals surface area contributed by atoms with Gasteiger partial charge in [-0.25, -0.2) is 4.39 Å². The van der Waals surface area contributed by atoms with Gasteiger partial charge in [0.1, 0.15) is 6.04 Å². The first-order valence-corrected chi connectivity index (χ1v) is 10.5. The number of para-hydroxylation sites is 1. The van der Waals surface area contributed by atoms with Crippen LogP contribution >= 0.6 is 11.6 Å². The minimum absolute atomic E-state index is 0.00777. The summed E-state index contributed by atoms with van der Waals surface area (Å²) in [6.45, 7) is 1.45. The molecule has 0 aromatic heterocycles. The summed E-state index contributed by atoms with van der Waals surface area (Å²) in [6, 6.07) is 12.5. The van der Waals surface area contributed by atoms with Crippen molar-refractivity contribution in [1.29, 1.82) is 0 Å². The van der Waals surface area contributed by atoms with Gasteiger partial charge in [0.15, 0.2) is 18.2 Å². The number of halogens is 2. The van der Waals surface area contributed by atoms with Gasteiger partial charge in [-0.3, -0.25) is 9.59 Å². The number of hydrogen-bond donors (Lipinski definition) is 1. The van der Waals surface area contributed by atoms with Crippen LogP contribution in [-0.2, 0) is 16.1 Å². The van der Waals surface area contributed by atoms with E-state index in [1.54, 1.807) is 31.2 Å². The Kier molecular flexibility index (Phi) is 7.69. The maximum absolute atomic E-state index is 13.8. The first kappa shape index (κ1) is 22.1. The van der Waals surface area contributed by atoms with Crippen LogP contribution in [0.5, 0.6) is 5.75 Å². The number of rotatable bonds is 8. The van der Waals surface area contributed by atoms with E-state index < -0.39 is 17.8 Å². The third kappa shape index (κ3) is 5.72. The predicted octanol–water partition coefficient (Wildman–Crippen LogP) is 4.33. The van der Waals surface area contributed by atoms with Gasteiger partial charge in [-0.1, -0.05) is 54.8 Å². The summed E-state index contributed by atoms with van der Waals surface area (Å²) in [5, 5.41) is 3.54. The SMILES string of the molecule is CC(C(=O)NC1CCCC1)N(Cc1ccccc1Cl)C(=O)COc1ccccc1F. The molecule has 2 aromatic carbocycles. The maximum atomic E-state index is 13.8. The summed E-state index contributed by atoms with van der Waals surface area (Å²) in [7, 11) is 0. The molecule has 5 nitrogen and oxygen atoms in total. The standard InChI is InChI=1S/C23H26ClFN2O3/c1-16(23(29)26-18-9-3-4-10-18)27(14-17-8-2-5-11-19(17)24)22(28)15-30-21-13-7-6-12-20(21)25/h2,5-8,11-13,16,18H,3-4,9-10,14-15H2,1H3,(H,26,29). The van der Waals surface area contributed by atoms with E-state index in [2.05, 4.69) is 5.32 Å². The topological polar surface area (TPSA) is 58.6 Å². The van der Waals surface area contributed by atoms with Crippen molar-refractivity contribution in [1.82, 2.24) is 10.2 Å². The van der Waals surface area contributed by atoms with Gasteiger partial charge >= 0.3 is 0 Å². The van der Waals surface area contributed by atoms with Crippen molar-refractivity contribution in [3.63, 3.8) is 0 Å². The zero-order valence-corrected chi connectivity index (χ0v) is 17.7. The van der Waals surface area contributed by atoms with Crippen molar-refractivity contribution in [3.8, 4) is 5.75 Å². The number of nitrogens with one attached hydrogen (secondary N) is 1. The number of benzene rings is 2. The van der Waals surface area contributed by atoms with Gasteiger partial charge in [0.2, 0.25) is 5.91 Å². The zero-order chi connectivity index (χ0) is 21.5. The minimum Gasteiger partial charge on any atom is -0.481 e. The van der Waals surface area contributed by atoms with Gasteiger partial charge in [0.25, 0.3) is 5.91 Å². The maximum Gasteiger partial charge on any atom is 0.261 e. The summed E-state index contributed by atoms with van der Waals surface area (Å²) >= 11 is 6.27. The molecule has 160 valence electrons. The van der Waals surface area contributed by atoms with E-state index in [0.717, 1.165) is 31.2 Å². The Morgan fingerprint density at radius 3 is 2.53 bits per heavy atom. The highest BCUT2D eigenvalue weighted by molar-refractivity contribution is 6.31. The molecule has 1 fully saturated rings. The van der Waals surface area contributed by atoms with Crippen molar-refractivity contribution in [2.75, 3.05) is 6.61 Å². The molecule has 0 radical (unpaired) electrons. The third-order valence-corrected chi connectivity index (χ3v) is 5.72. The van der Waals surface area contributed by atoms with Crippen LogP contribution in [0.4, 0.5) is 4.39 Å². The number of hydrogen-bond acceptors (Lipinski definition) is 3. The summed E-state index contributed by atoms with van der Waals surface area (Å²) < 4.78 is 19.2. The van der Waals surface area contributed by atoms with Crippen molar-refractivity contribution in [2.45, 2.75) is 51.2 Å². The fraction of sp³-hybridized carbons (Fsp3) is 0.391. The molecule has 30 heavy (non-hydrogen) atoms. The lowest BCUT2D eigenvalue weighted by molar-refractivity contribution is -0.142. The molecule has 1 aliphatic rings. The highest BCUT2D eigenvalue weighted by Gasteiger charge is 2.29. The highest BCUT2D eigenvalue weighted by atomic mass is 35.5. The summed E-state index contributed by atoms with van der Waals surface area (Å²) in [5.41, 5.74) is 0.721. The Hall–Kier alpha value is -2.60. The Labute approximate surface area is 181 Å². The van der Waals surface area contributed by atoms with E-state index in [4.69, 9.17) is 16.3 Å². The zero-order valence-electron chi connectivity index (χ0n) is 16.9. The smallest absolute Gasteiger partial charge is 0.261 e. The first-order valence-electron chi connectivity index (χ1n) is 10.2. The van der Waals surface area contributed by atoms with Crippen LogP contribution < -0.4 is 10.1 Å². The van der Waals surface area contributed by atoms with E-state index in [-0.39, 0.29) is 30.9 Å². The molecule has 2 aromatic rings. The van der Waals surface area contributed by atoms with Crippen LogP contribution in [0.3, 0.4) is 0 Å². The first-order chi connectivity index (χ1) is 14.5. The second-order valence-corrected chi connectivity index (χ2v) is 7.91. The lowest BCUT2D eigenvalue weighted by Crippen LogP contribution is -2.50. The third-order valence-electron chi connectivity index (χ3n) is 5.36. The molecule has 0 saturated heterocycles. The van der Waals surface area contributed by atoms with Gasteiger partial charge in [-0.15, -0.1) is 0 Å². The summed E-state index contributed by atoms with van der Waals surface area (Å²) in [5.74, 6) is -1.19. The van der Waals surface area contributed by atoms with Gasteiger partial charge in [-0.05, 0) is 43.5 Å². The van der Waals surface area contributed by atoms with E-state index in [1.807, 2.05) is 12.1 Å². The number of ether oxygens (including phenoxy) is 1. The largest absolute Gasteiger partial charge is 0.481 e. The van der Waals surface area contributed by atoms with Crippen molar-refractivity contribution in [3.05, 3.63) is 64.9 Å². The van der Waals surface area contributed by atoms with Crippen LogP contribution in [0.1, 0.15) is 38.2 Å². The van der Waals surface area contributed by atoms with E-state index in [0.29, 0.717) is 5.02 Å². The second-order valence-electron chi connectivity index (χ2n) is 7.50. The average Bonchev–Trinajstić information content (AvgIpc) is 3.25. The number of amides is 2. The van der Waals surface area contributed by atoms with Gasteiger partial charge in [-0.2, -0.15) is 0 Å². The van der Waals surface area contributed by atoms with Gasteiger partial charge < -0.3 is 15.0 Å². The van der Waals surface area contributed by atoms with Crippen molar-refractivity contribution < 1.29 is 18.7 Å². The molecule has 1 saturated carbocycles. The second kappa shape index (κ2) is 10.4. The summed E-state index contributed by atoms with van der Waals surface area (Å²) in [4.78, 5) is 27.2. The molecule has 0 aliphatic heterocycles. The van der Waals surface area contributed by atoms with Crippen molar-refractivity contribution in [2.24, 2.45) is 0 Å². The molecule has 2 amide bonds. The minimum atomic E-state index is -0.724. The van der Waals surface area contributed by atoms with Crippen LogP contribution in [-0.4, -0.2) is 35.4 Å². The monoisotopic (exact) mass is 432 g/mol. The Balaban J connectivity index is 1.73. The molecule has 3 rings (SSSR count). The fourth-order valence-corrected chi connectivity index (χ4v) is 3.76. The molecular weight excluding hydrogens is 407 g/mol. The molecule has 0 heterocycles. The van der Waals surface area contributed by atoms with Crippen LogP contribution in [0, 0.1) is 5.82 Å². The Morgan fingerprint density at radius 2 is 1.83 bits per heavy atom. The molecule has 1 atom stereocenters. The normalized spacial score (nSPS) is 14.9. The highest BCUT2D eigenvalue weighted by Crippen LogP contribution is 2.21. The predicted molar refractivity (Wildman–Crippen MR) is 114 cm³/mol. The molecule has 7 heteroatoms. The summed E-state index contributed by atoms with van der Waals surface area (Å²) in [6.07, 6.45) is 4.09. The lowest BCUT2D eigenvalue weighted by Gasteiger charge is -2.30. The number of carbonyl (C=O) groups excluding carboxylic acids is 2. The quantitative estimate of drug-likeness (QED) is 0.675. The van der Waals surface area contributed by atoms with Gasteiger partial charge in [0, 0.05) is 17.6 Å². The molecule has 1 aliphatic carbocycles. The number of carbonyl (C=O) groups is 2. The fourth-order valence-electron chi connectivity index (χ4n) is 3.57. The molecular formula is C23H26ClFN2O3. The molecule has 0 spiro atoms. The molecule has 1 N–H and O–H groups in total. The molecule has 0 bridgehead atoms. The number of nitrogens with zero attached hydrogens (tertiary/aromatic N) is 1.